The maximum atomic E-state index is 12.8. The number of rotatable bonds is 3. The third-order valence-corrected chi connectivity index (χ3v) is 6.14. The highest BCUT2D eigenvalue weighted by molar-refractivity contribution is 7.80. The third kappa shape index (κ3) is 3.37. The third-order valence-electron chi connectivity index (χ3n) is 5.82. The summed E-state index contributed by atoms with van der Waals surface area (Å²) in [5.74, 6) is -0.463. The SMILES string of the molecule is C=CCN1C(=O)/C(=C\c2cc3c(cc2C)N(C)C(C)(C)C[C@H]3C)C(=O)NC1=S. The summed E-state index contributed by atoms with van der Waals surface area (Å²) in [6, 6.07) is 4.26. The topological polar surface area (TPSA) is 52.7 Å². The van der Waals surface area contributed by atoms with Crippen molar-refractivity contribution in [3.8, 4) is 0 Å². The average Bonchev–Trinajstić information content (AvgIpc) is 2.60. The molecule has 0 aliphatic carbocycles. The van der Waals surface area contributed by atoms with Crippen molar-refractivity contribution in [2.45, 2.75) is 45.6 Å². The summed E-state index contributed by atoms with van der Waals surface area (Å²) >= 11 is 5.11. The molecule has 1 N–H and O–H groups in total. The second-order valence-electron chi connectivity index (χ2n) is 8.27. The predicted octanol–water partition coefficient (Wildman–Crippen LogP) is 3.53. The van der Waals surface area contributed by atoms with Gasteiger partial charge < -0.3 is 4.90 Å². The predicted molar refractivity (Wildman–Crippen MR) is 117 cm³/mol. The molecule has 0 aromatic heterocycles. The monoisotopic (exact) mass is 397 g/mol. The summed E-state index contributed by atoms with van der Waals surface area (Å²) in [6.07, 6.45) is 4.30. The van der Waals surface area contributed by atoms with Gasteiger partial charge in [0, 0.05) is 24.8 Å². The molecule has 0 saturated carbocycles. The van der Waals surface area contributed by atoms with E-state index in [4.69, 9.17) is 12.2 Å². The number of carbonyl (C=O) groups excluding carboxylic acids is 2. The fourth-order valence-electron chi connectivity index (χ4n) is 4.03. The lowest BCUT2D eigenvalue weighted by Crippen LogP contribution is -2.53. The Morgan fingerprint density at radius 3 is 2.68 bits per heavy atom. The van der Waals surface area contributed by atoms with Crippen LogP contribution in [-0.4, -0.2) is 41.0 Å². The number of carbonyl (C=O) groups is 2. The molecule has 2 heterocycles. The normalized spacial score (nSPS) is 23.0. The lowest BCUT2D eigenvalue weighted by Gasteiger charge is -2.45. The second-order valence-corrected chi connectivity index (χ2v) is 8.65. The standard InChI is InChI=1S/C22H27N3O2S/c1-7-8-25-20(27)17(19(26)23-21(25)28)11-15-10-16-14(3)12-22(4,5)24(6)18(16)9-13(15)2/h7,9-11,14H,1,8,12H2,2-6H3,(H,23,26,28)/b17-11-/t14-/m1/s1. The molecule has 1 fully saturated rings. The number of hydrogen-bond acceptors (Lipinski definition) is 4. The quantitative estimate of drug-likeness (QED) is 0.367. The molecule has 28 heavy (non-hydrogen) atoms. The molecule has 0 unspecified atom stereocenters. The van der Waals surface area contributed by atoms with Crippen LogP contribution in [0.5, 0.6) is 0 Å². The number of hydrogen-bond donors (Lipinski definition) is 1. The molecule has 1 aromatic carbocycles. The summed E-state index contributed by atoms with van der Waals surface area (Å²) in [6.45, 7) is 12.6. The van der Waals surface area contributed by atoms with Gasteiger partial charge in [-0.25, -0.2) is 0 Å². The fourth-order valence-corrected chi connectivity index (χ4v) is 4.28. The Hall–Kier alpha value is -2.47. The number of thiocarbonyl (C=S) groups is 1. The molecule has 2 amide bonds. The summed E-state index contributed by atoms with van der Waals surface area (Å²) in [4.78, 5) is 28.9. The van der Waals surface area contributed by atoms with E-state index in [2.05, 4.69) is 56.7 Å². The molecule has 2 aliphatic heterocycles. The zero-order valence-electron chi connectivity index (χ0n) is 17.1. The first-order valence-electron chi connectivity index (χ1n) is 9.45. The van der Waals surface area contributed by atoms with Crippen molar-refractivity contribution in [3.63, 3.8) is 0 Å². The van der Waals surface area contributed by atoms with Gasteiger partial charge >= 0.3 is 0 Å². The number of fused-ring (bicyclic) bond motifs is 1. The molecule has 0 bridgehead atoms. The lowest BCUT2D eigenvalue weighted by molar-refractivity contribution is -0.128. The Labute approximate surface area is 172 Å². The molecule has 6 heteroatoms. The molecule has 148 valence electrons. The Balaban J connectivity index is 2.06. The molecule has 0 spiro atoms. The van der Waals surface area contributed by atoms with Crippen molar-refractivity contribution in [1.29, 1.82) is 0 Å². The Morgan fingerprint density at radius 1 is 1.36 bits per heavy atom. The van der Waals surface area contributed by atoms with Crippen LogP contribution in [0.15, 0.2) is 30.4 Å². The summed E-state index contributed by atoms with van der Waals surface area (Å²) in [5.41, 5.74) is 4.52. The number of anilines is 1. The van der Waals surface area contributed by atoms with E-state index in [0.717, 1.165) is 17.5 Å². The number of nitrogens with zero attached hydrogens (tertiary/aromatic N) is 2. The van der Waals surface area contributed by atoms with E-state index in [9.17, 15) is 9.59 Å². The van der Waals surface area contributed by atoms with Gasteiger partial charge in [-0.3, -0.25) is 19.8 Å². The van der Waals surface area contributed by atoms with Crippen LogP contribution >= 0.6 is 12.2 Å². The van der Waals surface area contributed by atoms with Gasteiger partial charge in [0.2, 0.25) is 0 Å². The molecule has 3 rings (SSSR count). The first kappa shape index (κ1) is 20.3. The van der Waals surface area contributed by atoms with Crippen molar-refractivity contribution in [1.82, 2.24) is 10.2 Å². The lowest BCUT2D eigenvalue weighted by atomic mass is 9.79. The van der Waals surface area contributed by atoms with Crippen LogP contribution in [0.25, 0.3) is 6.08 Å². The van der Waals surface area contributed by atoms with Crippen molar-refractivity contribution >= 4 is 40.9 Å². The van der Waals surface area contributed by atoms with Crippen LogP contribution in [0.2, 0.25) is 0 Å². The van der Waals surface area contributed by atoms with Gasteiger partial charge in [-0.15, -0.1) is 6.58 Å². The number of benzene rings is 1. The first-order chi connectivity index (χ1) is 13.1. The van der Waals surface area contributed by atoms with Gasteiger partial charge in [0.25, 0.3) is 11.8 Å². The Bertz CT molecular complexity index is 917. The highest BCUT2D eigenvalue weighted by atomic mass is 32.1. The van der Waals surface area contributed by atoms with Crippen molar-refractivity contribution in [3.05, 3.63) is 47.1 Å². The van der Waals surface area contributed by atoms with E-state index in [1.54, 1.807) is 12.2 Å². The van der Waals surface area contributed by atoms with E-state index >= 15 is 0 Å². The first-order valence-corrected chi connectivity index (χ1v) is 9.85. The second kappa shape index (κ2) is 7.17. The number of nitrogens with one attached hydrogen (secondary N) is 1. The Morgan fingerprint density at radius 2 is 2.04 bits per heavy atom. The van der Waals surface area contributed by atoms with Gasteiger partial charge in [0.1, 0.15) is 5.57 Å². The van der Waals surface area contributed by atoms with Crippen LogP contribution in [0.3, 0.4) is 0 Å². The van der Waals surface area contributed by atoms with Crippen molar-refractivity contribution < 1.29 is 9.59 Å². The zero-order chi connectivity index (χ0) is 20.8. The minimum absolute atomic E-state index is 0.0823. The molecular weight excluding hydrogens is 370 g/mol. The maximum absolute atomic E-state index is 12.8. The van der Waals surface area contributed by atoms with Crippen LogP contribution in [0.1, 0.15) is 49.8 Å². The Kier molecular flexibility index (Phi) is 5.19. The van der Waals surface area contributed by atoms with Gasteiger partial charge in [-0.2, -0.15) is 0 Å². The van der Waals surface area contributed by atoms with Gasteiger partial charge in [-0.1, -0.05) is 13.0 Å². The molecule has 0 radical (unpaired) electrons. The molecule has 1 saturated heterocycles. The van der Waals surface area contributed by atoms with E-state index in [-0.39, 0.29) is 22.8 Å². The van der Waals surface area contributed by atoms with Crippen LogP contribution in [-0.2, 0) is 9.59 Å². The van der Waals surface area contributed by atoms with Gasteiger partial charge in [0.05, 0.1) is 0 Å². The summed E-state index contributed by atoms with van der Waals surface area (Å²) in [5, 5.41) is 2.71. The molecule has 5 nitrogen and oxygen atoms in total. The van der Waals surface area contributed by atoms with Crippen molar-refractivity contribution in [2.75, 3.05) is 18.5 Å². The largest absolute Gasteiger partial charge is 0.369 e. The molecule has 2 aliphatic rings. The number of aryl methyl sites for hydroxylation is 1. The maximum Gasteiger partial charge on any atom is 0.265 e. The van der Waals surface area contributed by atoms with Crippen LogP contribution < -0.4 is 10.2 Å². The highest BCUT2D eigenvalue weighted by Gasteiger charge is 2.35. The van der Waals surface area contributed by atoms with E-state index in [0.29, 0.717) is 5.92 Å². The molecular formula is C22H27N3O2S. The number of amides is 2. The average molecular weight is 398 g/mol. The van der Waals surface area contributed by atoms with Crippen molar-refractivity contribution in [2.24, 2.45) is 0 Å². The molecule has 1 aromatic rings. The fraction of sp³-hybridized carbons (Fsp3) is 0.409. The summed E-state index contributed by atoms with van der Waals surface area (Å²) < 4.78 is 0. The minimum Gasteiger partial charge on any atom is -0.369 e. The van der Waals surface area contributed by atoms with Crippen LogP contribution in [0, 0.1) is 6.92 Å². The van der Waals surface area contributed by atoms with E-state index < -0.39 is 11.8 Å². The van der Waals surface area contributed by atoms with E-state index in [1.165, 1.54) is 16.2 Å². The van der Waals surface area contributed by atoms with Crippen LogP contribution in [0.4, 0.5) is 5.69 Å². The van der Waals surface area contributed by atoms with E-state index in [1.807, 2.05) is 6.92 Å². The molecule has 1 atom stereocenters. The minimum atomic E-state index is -0.460. The zero-order valence-corrected chi connectivity index (χ0v) is 17.9. The summed E-state index contributed by atoms with van der Waals surface area (Å²) in [7, 11) is 2.12. The van der Waals surface area contributed by atoms with Gasteiger partial charge in [-0.05, 0) is 80.2 Å². The highest BCUT2D eigenvalue weighted by Crippen LogP contribution is 2.43. The smallest absolute Gasteiger partial charge is 0.265 e. The van der Waals surface area contributed by atoms with Gasteiger partial charge in [0.15, 0.2) is 5.11 Å².